The highest BCUT2D eigenvalue weighted by molar-refractivity contribution is 5.95. The van der Waals surface area contributed by atoms with Crippen molar-refractivity contribution in [1.29, 1.82) is 0 Å². The average molecular weight is 399 g/mol. The molecule has 7 N–H and O–H groups in total. The normalized spacial score (nSPS) is 25.3. The van der Waals surface area contributed by atoms with Gasteiger partial charge in [0, 0.05) is 13.1 Å². The van der Waals surface area contributed by atoms with Crippen LogP contribution in [0.2, 0.25) is 0 Å². The Labute approximate surface area is 163 Å². The van der Waals surface area contributed by atoms with Crippen LogP contribution in [0.1, 0.15) is 32.6 Å². The fraction of sp³-hybridized carbons (Fsp3) is 0.765. The lowest BCUT2D eigenvalue weighted by Crippen LogP contribution is -2.58. The third-order valence-corrected chi connectivity index (χ3v) is 5.31. The summed E-state index contributed by atoms with van der Waals surface area (Å²) in [7, 11) is 0. The monoisotopic (exact) mass is 399 g/mol. The first kappa shape index (κ1) is 22.1. The van der Waals surface area contributed by atoms with Gasteiger partial charge < -0.3 is 36.8 Å². The van der Waals surface area contributed by atoms with E-state index in [4.69, 9.17) is 16.6 Å². The average Bonchev–Trinajstić information content (AvgIpc) is 3.32. The third kappa shape index (κ3) is 4.59. The van der Waals surface area contributed by atoms with Crippen molar-refractivity contribution in [2.24, 2.45) is 11.5 Å². The molecule has 2 fully saturated rings. The van der Waals surface area contributed by atoms with Gasteiger partial charge in [0.05, 0.1) is 12.7 Å². The first-order valence-electron chi connectivity index (χ1n) is 9.44. The van der Waals surface area contributed by atoms with Crippen LogP contribution in [-0.4, -0.2) is 93.6 Å². The zero-order valence-corrected chi connectivity index (χ0v) is 15.9. The van der Waals surface area contributed by atoms with E-state index in [0.29, 0.717) is 38.8 Å². The Hall–Kier alpha value is -2.24. The molecule has 0 bridgehead atoms. The number of carbonyl (C=O) groups is 4. The summed E-state index contributed by atoms with van der Waals surface area (Å²) in [4.78, 5) is 52.1. The minimum atomic E-state index is -1.22. The van der Waals surface area contributed by atoms with E-state index in [9.17, 15) is 24.3 Å². The van der Waals surface area contributed by atoms with E-state index < -0.39 is 54.6 Å². The molecule has 0 radical (unpaired) electrons. The van der Waals surface area contributed by atoms with Gasteiger partial charge in [0.25, 0.3) is 0 Å². The molecule has 2 heterocycles. The van der Waals surface area contributed by atoms with Crippen molar-refractivity contribution in [3.8, 4) is 0 Å². The maximum atomic E-state index is 13.1. The van der Waals surface area contributed by atoms with E-state index in [1.807, 2.05) is 0 Å². The SMILES string of the molecule is C[C@@H](O)[C@H](N)C(=O)N1CCCC1C(=O)N1CCC[C@H]1C(=O)N[C@@H](CO)C(N)=O. The Morgan fingerprint density at radius 3 is 2.21 bits per heavy atom. The molecule has 2 aliphatic heterocycles. The first-order valence-corrected chi connectivity index (χ1v) is 9.44. The number of likely N-dealkylation sites (tertiary alicyclic amines) is 2. The van der Waals surface area contributed by atoms with Crippen LogP contribution >= 0.6 is 0 Å². The van der Waals surface area contributed by atoms with Crippen molar-refractivity contribution < 1.29 is 29.4 Å². The second-order valence-electron chi connectivity index (χ2n) is 7.29. The smallest absolute Gasteiger partial charge is 0.246 e. The molecule has 158 valence electrons. The van der Waals surface area contributed by atoms with Gasteiger partial charge in [0.15, 0.2) is 0 Å². The zero-order chi connectivity index (χ0) is 21.0. The molecular formula is C17H29N5O6. The molecule has 0 aromatic rings. The molecule has 11 nitrogen and oxygen atoms in total. The summed E-state index contributed by atoms with van der Waals surface area (Å²) in [6.07, 6.45) is 1.02. The molecule has 0 aliphatic carbocycles. The standard InChI is InChI=1S/C17H29N5O6/c1-9(24)13(18)17(28)22-7-3-5-12(22)16(27)21-6-2-4-11(21)15(26)20-10(8-23)14(19)25/h9-13,23-24H,2-8,18H2,1H3,(H2,19,25)(H,20,26)/t9-,10+,11+,12?,13+/m1/s1. The first-order chi connectivity index (χ1) is 13.2. The van der Waals surface area contributed by atoms with Crippen molar-refractivity contribution in [1.82, 2.24) is 15.1 Å². The number of aliphatic hydroxyl groups is 2. The molecule has 1 unspecified atom stereocenters. The van der Waals surface area contributed by atoms with Crippen LogP contribution in [0.3, 0.4) is 0 Å². The number of hydrogen-bond acceptors (Lipinski definition) is 7. The van der Waals surface area contributed by atoms with Gasteiger partial charge in [-0.05, 0) is 32.6 Å². The van der Waals surface area contributed by atoms with Crippen LogP contribution < -0.4 is 16.8 Å². The van der Waals surface area contributed by atoms with Crippen molar-refractivity contribution >= 4 is 23.6 Å². The van der Waals surface area contributed by atoms with Crippen molar-refractivity contribution in [3.05, 3.63) is 0 Å². The number of rotatable bonds is 7. The summed E-state index contributed by atoms with van der Waals surface area (Å²) in [5, 5.41) is 21.1. The molecule has 5 atom stereocenters. The second-order valence-corrected chi connectivity index (χ2v) is 7.29. The maximum absolute atomic E-state index is 13.1. The summed E-state index contributed by atoms with van der Waals surface area (Å²) in [5.41, 5.74) is 10.9. The summed E-state index contributed by atoms with van der Waals surface area (Å²) in [5.74, 6) is -2.30. The number of nitrogens with one attached hydrogen (secondary N) is 1. The largest absolute Gasteiger partial charge is 0.394 e. The van der Waals surface area contributed by atoms with E-state index >= 15 is 0 Å². The lowest BCUT2D eigenvalue weighted by atomic mass is 10.1. The predicted octanol–water partition coefficient (Wildman–Crippen LogP) is -3.36. The zero-order valence-electron chi connectivity index (χ0n) is 15.9. The number of nitrogens with zero attached hydrogens (tertiary/aromatic N) is 2. The van der Waals surface area contributed by atoms with Gasteiger partial charge in [-0.25, -0.2) is 0 Å². The Morgan fingerprint density at radius 1 is 1.11 bits per heavy atom. The molecule has 4 amide bonds. The molecule has 0 spiro atoms. The molecule has 0 aromatic heterocycles. The highest BCUT2D eigenvalue weighted by Gasteiger charge is 2.43. The van der Waals surface area contributed by atoms with E-state index in [-0.39, 0.29) is 5.91 Å². The number of amides is 4. The fourth-order valence-corrected chi connectivity index (χ4v) is 3.65. The van der Waals surface area contributed by atoms with E-state index in [0.717, 1.165) is 0 Å². The Bertz CT molecular complexity index is 627. The topological polar surface area (TPSA) is 179 Å². The van der Waals surface area contributed by atoms with Crippen molar-refractivity contribution in [2.45, 2.75) is 62.9 Å². The number of hydrogen-bond donors (Lipinski definition) is 5. The lowest BCUT2D eigenvalue weighted by Gasteiger charge is -2.32. The van der Waals surface area contributed by atoms with Crippen molar-refractivity contribution in [2.75, 3.05) is 19.7 Å². The molecule has 0 aromatic carbocycles. The maximum Gasteiger partial charge on any atom is 0.246 e. The van der Waals surface area contributed by atoms with Crippen LogP contribution in [0, 0.1) is 0 Å². The number of aliphatic hydroxyl groups excluding tert-OH is 2. The summed E-state index contributed by atoms with van der Waals surface area (Å²) >= 11 is 0. The second kappa shape index (κ2) is 9.30. The molecular weight excluding hydrogens is 370 g/mol. The summed E-state index contributed by atoms with van der Waals surface area (Å²) < 4.78 is 0. The molecule has 2 aliphatic rings. The minimum Gasteiger partial charge on any atom is -0.394 e. The Balaban J connectivity index is 2.10. The van der Waals surface area contributed by atoms with Gasteiger partial charge in [-0.15, -0.1) is 0 Å². The van der Waals surface area contributed by atoms with Gasteiger partial charge in [0.1, 0.15) is 24.2 Å². The highest BCUT2D eigenvalue weighted by atomic mass is 16.3. The molecule has 11 heteroatoms. The van der Waals surface area contributed by atoms with Crippen LogP contribution in [-0.2, 0) is 19.2 Å². The van der Waals surface area contributed by atoms with Crippen LogP contribution in [0.15, 0.2) is 0 Å². The lowest BCUT2D eigenvalue weighted by molar-refractivity contribution is -0.148. The van der Waals surface area contributed by atoms with Gasteiger partial charge in [-0.2, -0.15) is 0 Å². The van der Waals surface area contributed by atoms with Crippen LogP contribution in [0.4, 0.5) is 0 Å². The third-order valence-electron chi connectivity index (χ3n) is 5.31. The quantitative estimate of drug-likeness (QED) is 0.296. The van der Waals surface area contributed by atoms with Crippen LogP contribution in [0.5, 0.6) is 0 Å². The number of primary amides is 1. The van der Waals surface area contributed by atoms with Gasteiger partial charge in [-0.3, -0.25) is 19.2 Å². The van der Waals surface area contributed by atoms with Crippen LogP contribution in [0.25, 0.3) is 0 Å². The molecule has 2 rings (SSSR count). The predicted molar refractivity (Wildman–Crippen MR) is 97.3 cm³/mol. The highest BCUT2D eigenvalue weighted by Crippen LogP contribution is 2.25. The minimum absolute atomic E-state index is 0.346. The summed E-state index contributed by atoms with van der Waals surface area (Å²) in [6, 6.07) is -3.88. The van der Waals surface area contributed by atoms with E-state index in [1.165, 1.54) is 16.7 Å². The van der Waals surface area contributed by atoms with Crippen molar-refractivity contribution in [3.63, 3.8) is 0 Å². The van der Waals surface area contributed by atoms with Gasteiger partial charge >= 0.3 is 0 Å². The summed E-state index contributed by atoms with van der Waals surface area (Å²) in [6.45, 7) is 1.48. The fourth-order valence-electron chi connectivity index (χ4n) is 3.65. The van der Waals surface area contributed by atoms with E-state index in [1.54, 1.807) is 0 Å². The number of carbonyl (C=O) groups excluding carboxylic acids is 4. The Kier molecular flexibility index (Phi) is 7.33. The molecule has 0 saturated carbocycles. The van der Waals surface area contributed by atoms with Gasteiger partial charge in [0.2, 0.25) is 23.6 Å². The number of nitrogens with two attached hydrogens (primary N) is 2. The van der Waals surface area contributed by atoms with E-state index in [2.05, 4.69) is 5.32 Å². The molecule has 2 saturated heterocycles. The van der Waals surface area contributed by atoms with Gasteiger partial charge in [-0.1, -0.05) is 0 Å². The Morgan fingerprint density at radius 2 is 1.68 bits per heavy atom. The molecule has 28 heavy (non-hydrogen) atoms.